The van der Waals surface area contributed by atoms with E-state index in [1.54, 1.807) is 7.05 Å². The number of likely N-dealkylation sites (N-methyl/N-ethyl adjacent to an activating group) is 1. The summed E-state index contributed by atoms with van der Waals surface area (Å²) in [4.78, 5) is 10.9. The third kappa shape index (κ3) is 2.17. The minimum Gasteiger partial charge on any atom is -0.480 e. The Hall–Kier alpha value is -1.55. The highest BCUT2D eigenvalue weighted by atomic mass is 16.4. The number of hydrogen-bond donors (Lipinski definition) is 3. The van der Waals surface area contributed by atoms with Gasteiger partial charge in [0.1, 0.15) is 6.04 Å². The average molecular weight is 220 g/mol. The molecule has 2 rings (SSSR count). The van der Waals surface area contributed by atoms with Crippen LogP contribution in [0.3, 0.4) is 0 Å². The standard InChI is InChI=1S/C12H16N2O2/c1-13-11(12(15)16)7-9-6-8-4-2-3-5-10(8)14-9/h2-6,8,10-11,13-14H,7H2,1H3,(H,15,16)/t8?,10?,11-/m1/s1. The SMILES string of the molecule is CN[C@H](CC1=CC2C=CC=CC2N1)C(=O)O. The first-order valence-corrected chi connectivity index (χ1v) is 5.43. The van der Waals surface area contributed by atoms with Crippen LogP contribution in [0.15, 0.2) is 36.1 Å². The number of hydrogen-bond acceptors (Lipinski definition) is 3. The van der Waals surface area contributed by atoms with Crippen molar-refractivity contribution in [1.82, 2.24) is 10.6 Å². The predicted molar refractivity (Wildman–Crippen MR) is 61.9 cm³/mol. The summed E-state index contributed by atoms with van der Waals surface area (Å²) in [5.74, 6) is -0.447. The molecule has 0 fully saturated rings. The number of rotatable bonds is 4. The molecule has 16 heavy (non-hydrogen) atoms. The van der Waals surface area contributed by atoms with Crippen molar-refractivity contribution in [1.29, 1.82) is 0 Å². The molecule has 1 aliphatic heterocycles. The second-order valence-electron chi connectivity index (χ2n) is 4.09. The molecule has 4 heteroatoms. The number of allylic oxidation sites excluding steroid dienone is 2. The summed E-state index contributed by atoms with van der Waals surface area (Å²) in [5, 5.41) is 15.1. The number of aliphatic carboxylic acids is 1. The van der Waals surface area contributed by atoms with E-state index in [0.717, 1.165) is 5.70 Å². The van der Waals surface area contributed by atoms with Gasteiger partial charge in [-0.3, -0.25) is 4.79 Å². The third-order valence-corrected chi connectivity index (χ3v) is 2.99. The molecule has 0 spiro atoms. The van der Waals surface area contributed by atoms with Gasteiger partial charge in [0.15, 0.2) is 0 Å². The Balaban J connectivity index is 1.99. The summed E-state index contributed by atoms with van der Waals surface area (Å²) >= 11 is 0. The van der Waals surface area contributed by atoms with Crippen molar-refractivity contribution >= 4 is 5.97 Å². The molecule has 0 saturated heterocycles. The Morgan fingerprint density at radius 2 is 2.31 bits per heavy atom. The summed E-state index contributed by atoms with van der Waals surface area (Å²) in [6.07, 6.45) is 10.9. The molecule has 1 heterocycles. The highest BCUT2D eigenvalue weighted by Crippen LogP contribution is 2.24. The molecule has 1 aliphatic carbocycles. The first-order chi connectivity index (χ1) is 7.70. The van der Waals surface area contributed by atoms with Gasteiger partial charge in [-0.25, -0.2) is 0 Å². The Morgan fingerprint density at radius 3 is 2.94 bits per heavy atom. The molecule has 0 aromatic heterocycles. The lowest BCUT2D eigenvalue weighted by molar-refractivity contribution is -0.139. The molecule has 2 aliphatic rings. The van der Waals surface area contributed by atoms with Crippen molar-refractivity contribution in [2.24, 2.45) is 5.92 Å². The van der Waals surface area contributed by atoms with Crippen LogP contribution in [0, 0.1) is 5.92 Å². The molecule has 0 bridgehead atoms. The Morgan fingerprint density at radius 1 is 1.56 bits per heavy atom. The van der Waals surface area contributed by atoms with Crippen LogP contribution < -0.4 is 10.6 Å². The molecule has 4 nitrogen and oxygen atoms in total. The van der Waals surface area contributed by atoms with E-state index in [1.165, 1.54) is 0 Å². The van der Waals surface area contributed by atoms with Crippen LogP contribution in [-0.2, 0) is 4.79 Å². The second-order valence-corrected chi connectivity index (χ2v) is 4.09. The number of carboxylic acid groups (broad SMARTS) is 1. The maximum Gasteiger partial charge on any atom is 0.321 e. The average Bonchev–Trinajstić information content (AvgIpc) is 2.67. The molecule has 0 amide bonds. The summed E-state index contributed by atoms with van der Waals surface area (Å²) in [6.45, 7) is 0. The fraction of sp³-hybridized carbons (Fsp3) is 0.417. The molecule has 0 saturated carbocycles. The zero-order chi connectivity index (χ0) is 11.5. The zero-order valence-electron chi connectivity index (χ0n) is 9.18. The predicted octanol–water partition coefficient (Wildman–Crippen LogP) is 0.647. The normalized spacial score (nSPS) is 28.2. The van der Waals surface area contributed by atoms with Crippen molar-refractivity contribution in [3.8, 4) is 0 Å². The van der Waals surface area contributed by atoms with E-state index in [4.69, 9.17) is 5.11 Å². The highest BCUT2D eigenvalue weighted by Gasteiger charge is 2.26. The molecular formula is C12H16N2O2. The van der Waals surface area contributed by atoms with Crippen molar-refractivity contribution in [2.75, 3.05) is 7.05 Å². The van der Waals surface area contributed by atoms with Crippen LogP contribution in [-0.4, -0.2) is 30.2 Å². The molecule has 0 aromatic rings. The fourth-order valence-electron chi connectivity index (χ4n) is 2.08. The zero-order valence-corrected chi connectivity index (χ0v) is 9.18. The van der Waals surface area contributed by atoms with Crippen molar-refractivity contribution in [2.45, 2.75) is 18.5 Å². The topological polar surface area (TPSA) is 61.4 Å². The first-order valence-electron chi connectivity index (χ1n) is 5.43. The first kappa shape index (κ1) is 11.0. The lowest BCUT2D eigenvalue weighted by Gasteiger charge is -2.17. The number of carboxylic acids is 1. The van der Waals surface area contributed by atoms with E-state index in [2.05, 4.69) is 28.9 Å². The lowest BCUT2D eigenvalue weighted by Crippen LogP contribution is -2.36. The van der Waals surface area contributed by atoms with Crippen LogP contribution in [0.5, 0.6) is 0 Å². The highest BCUT2D eigenvalue weighted by molar-refractivity contribution is 5.73. The van der Waals surface area contributed by atoms with E-state index in [1.807, 2.05) is 12.2 Å². The smallest absolute Gasteiger partial charge is 0.321 e. The molecule has 0 aromatic carbocycles. The van der Waals surface area contributed by atoms with Crippen LogP contribution in [0.25, 0.3) is 0 Å². The quantitative estimate of drug-likeness (QED) is 0.651. The summed E-state index contributed by atoms with van der Waals surface area (Å²) in [5.41, 5.74) is 1.01. The maximum atomic E-state index is 10.9. The fourth-order valence-corrected chi connectivity index (χ4v) is 2.08. The minimum absolute atomic E-state index is 0.298. The molecule has 2 unspecified atom stereocenters. The van der Waals surface area contributed by atoms with E-state index < -0.39 is 12.0 Å². The van der Waals surface area contributed by atoms with Gasteiger partial charge in [0.2, 0.25) is 0 Å². The largest absolute Gasteiger partial charge is 0.480 e. The van der Waals surface area contributed by atoms with Gasteiger partial charge in [0.25, 0.3) is 0 Å². The molecule has 86 valence electrons. The van der Waals surface area contributed by atoms with Gasteiger partial charge in [-0.2, -0.15) is 0 Å². The minimum atomic E-state index is -0.814. The van der Waals surface area contributed by atoms with Crippen LogP contribution in [0.4, 0.5) is 0 Å². The van der Waals surface area contributed by atoms with Gasteiger partial charge >= 0.3 is 5.97 Å². The van der Waals surface area contributed by atoms with Gasteiger partial charge in [-0.15, -0.1) is 0 Å². The van der Waals surface area contributed by atoms with E-state index in [0.29, 0.717) is 18.4 Å². The van der Waals surface area contributed by atoms with Crippen LogP contribution >= 0.6 is 0 Å². The summed E-state index contributed by atoms with van der Waals surface area (Å²) in [7, 11) is 1.67. The van der Waals surface area contributed by atoms with E-state index in [-0.39, 0.29) is 0 Å². The van der Waals surface area contributed by atoms with Crippen molar-refractivity contribution in [3.05, 3.63) is 36.1 Å². The van der Waals surface area contributed by atoms with Gasteiger partial charge in [0.05, 0.1) is 6.04 Å². The molecule has 0 radical (unpaired) electrons. The Kier molecular flexibility index (Phi) is 3.10. The third-order valence-electron chi connectivity index (χ3n) is 2.99. The summed E-state index contributed by atoms with van der Waals surface area (Å²) in [6, 6.07) is -0.224. The molecular weight excluding hydrogens is 204 g/mol. The molecule has 3 N–H and O–H groups in total. The Labute approximate surface area is 94.7 Å². The van der Waals surface area contributed by atoms with Gasteiger partial charge in [0, 0.05) is 18.0 Å². The summed E-state index contributed by atoms with van der Waals surface area (Å²) < 4.78 is 0. The van der Waals surface area contributed by atoms with Gasteiger partial charge in [-0.1, -0.05) is 30.4 Å². The lowest BCUT2D eigenvalue weighted by atomic mass is 9.98. The van der Waals surface area contributed by atoms with Gasteiger partial charge < -0.3 is 15.7 Å². The Bertz CT molecular complexity index is 371. The van der Waals surface area contributed by atoms with Crippen LogP contribution in [0.2, 0.25) is 0 Å². The van der Waals surface area contributed by atoms with Crippen LogP contribution in [0.1, 0.15) is 6.42 Å². The van der Waals surface area contributed by atoms with E-state index in [9.17, 15) is 4.79 Å². The maximum absolute atomic E-state index is 10.9. The second kappa shape index (κ2) is 4.53. The number of fused-ring (bicyclic) bond motifs is 1. The number of carbonyl (C=O) groups is 1. The van der Waals surface area contributed by atoms with E-state index >= 15 is 0 Å². The van der Waals surface area contributed by atoms with Crippen molar-refractivity contribution in [3.63, 3.8) is 0 Å². The van der Waals surface area contributed by atoms with Gasteiger partial charge in [-0.05, 0) is 7.05 Å². The molecule has 3 atom stereocenters. The number of nitrogens with one attached hydrogen (secondary N) is 2. The monoisotopic (exact) mass is 220 g/mol. The van der Waals surface area contributed by atoms with Crippen molar-refractivity contribution < 1.29 is 9.90 Å².